The highest BCUT2D eigenvalue weighted by molar-refractivity contribution is 7.73. The van der Waals surface area contributed by atoms with Gasteiger partial charge in [0, 0.05) is 19.6 Å². The summed E-state index contributed by atoms with van der Waals surface area (Å²) in [4.78, 5) is 16.0. The molecule has 7 nitrogen and oxygen atoms in total. The summed E-state index contributed by atoms with van der Waals surface area (Å²) in [5.41, 5.74) is -0.591. The van der Waals surface area contributed by atoms with Crippen molar-refractivity contribution in [2.45, 2.75) is 46.1 Å². The minimum Gasteiger partial charge on any atom is -0.444 e. The Morgan fingerprint density at radius 3 is 2.75 bits per heavy atom. The molecule has 0 radical (unpaired) electrons. The van der Waals surface area contributed by atoms with E-state index in [2.05, 4.69) is 14.7 Å². The quantitative estimate of drug-likeness (QED) is 0.438. The van der Waals surface area contributed by atoms with Crippen LogP contribution in [0.4, 0.5) is 4.79 Å². The lowest BCUT2D eigenvalue weighted by Crippen LogP contribution is -2.45. The first-order valence-electron chi connectivity index (χ1n) is 6.80. The van der Waals surface area contributed by atoms with Crippen LogP contribution in [0, 0.1) is 0 Å². The minimum atomic E-state index is -1.89. The molecule has 1 atom stereocenters. The molecule has 1 unspecified atom stereocenters. The van der Waals surface area contributed by atoms with E-state index in [1.807, 2.05) is 6.92 Å². The van der Waals surface area contributed by atoms with Crippen LogP contribution in [0.15, 0.2) is 9.36 Å². The van der Waals surface area contributed by atoms with Gasteiger partial charge in [-0.3, -0.25) is 14.6 Å². The lowest BCUT2D eigenvalue weighted by Gasteiger charge is -2.23. The highest BCUT2D eigenvalue weighted by atomic mass is 32.2. The second kappa shape index (κ2) is 7.47. The lowest BCUT2D eigenvalue weighted by molar-refractivity contribution is 0.0559. The van der Waals surface area contributed by atoms with Crippen LogP contribution in [0.3, 0.4) is 0 Å². The van der Waals surface area contributed by atoms with E-state index in [4.69, 9.17) is 4.74 Å². The van der Waals surface area contributed by atoms with Gasteiger partial charge in [-0.25, -0.2) is 13.4 Å². The SMILES string of the molecule is CC/N=C(/NC(=O)OC(C)(C)C)N1CCCCN=[SH]1=O. The maximum atomic E-state index is 12.0. The largest absolute Gasteiger partial charge is 0.444 e. The van der Waals surface area contributed by atoms with Gasteiger partial charge in [0.2, 0.25) is 5.96 Å². The number of nitrogens with one attached hydrogen (secondary N) is 1. The van der Waals surface area contributed by atoms with Crippen molar-refractivity contribution in [1.29, 1.82) is 0 Å². The normalized spacial score (nSPS) is 20.9. The van der Waals surface area contributed by atoms with Crippen LogP contribution in [0.25, 0.3) is 0 Å². The van der Waals surface area contributed by atoms with Gasteiger partial charge in [-0.15, -0.1) is 0 Å². The number of carbonyl (C=O) groups is 1. The summed E-state index contributed by atoms with van der Waals surface area (Å²) < 4.78 is 22.8. The summed E-state index contributed by atoms with van der Waals surface area (Å²) in [6.07, 6.45) is 1.16. The van der Waals surface area contributed by atoms with Crippen LogP contribution in [0.1, 0.15) is 40.5 Å². The topological polar surface area (TPSA) is 83.4 Å². The molecule has 0 aromatic carbocycles. The van der Waals surface area contributed by atoms with Gasteiger partial charge in [-0.1, -0.05) is 0 Å². The summed E-state index contributed by atoms with van der Waals surface area (Å²) in [5.74, 6) is 0.272. The Labute approximate surface area is 122 Å². The number of hydrogen-bond acceptors (Lipinski definition) is 5. The van der Waals surface area contributed by atoms with Gasteiger partial charge in [0.1, 0.15) is 16.4 Å². The number of guanidine groups is 1. The molecule has 1 aliphatic rings. The average molecular weight is 304 g/mol. The van der Waals surface area contributed by atoms with E-state index in [1.165, 1.54) is 4.31 Å². The van der Waals surface area contributed by atoms with E-state index in [1.54, 1.807) is 20.8 Å². The standard InChI is InChI=1S/C12H24N4O3S/c1-5-13-10(15-11(17)19-12(2,3)4)16-9-7-6-8-14-20(16)18/h20H,5-9H2,1-4H3,(H,13,15,17). The molecule has 1 N–H and O–H groups in total. The van der Waals surface area contributed by atoms with E-state index in [0.29, 0.717) is 19.6 Å². The van der Waals surface area contributed by atoms with Crippen molar-refractivity contribution < 1.29 is 13.7 Å². The fourth-order valence-electron chi connectivity index (χ4n) is 1.61. The maximum absolute atomic E-state index is 12.0. The average Bonchev–Trinajstić information content (AvgIpc) is 2.51. The number of aliphatic imine (C=N–C) groups is 1. The third-order valence-electron chi connectivity index (χ3n) is 2.37. The predicted molar refractivity (Wildman–Crippen MR) is 80.1 cm³/mol. The van der Waals surface area contributed by atoms with Crippen molar-refractivity contribution >= 4 is 22.8 Å². The summed E-state index contributed by atoms with van der Waals surface area (Å²) in [7, 11) is -1.89. The van der Waals surface area contributed by atoms with Crippen LogP contribution in [0.5, 0.6) is 0 Å². The number of amides is 1. The van der Waals surface area contributed by atoms with Gasteiger partial charge in [0.15, 0.2) is 0 Å². The van der Waals surface area contributed by atoms with Gasteiger partial charge < -0.3 is 4.74 Å². The Bertz CT molecular complexity index is 450. The maximum Gasteiger partial charge on any atom is 0.414 e. The van der Waals surface area contributed by atoms with Crippen molar-refractivity contribution in [3.8, 4) is 0 Å². The molecule has 1 rings (SSSR count). The van der Waals surface area contributed by atoms with Crippen molar-refractivity contribution in [2.75, 3.05) is 19.6 Å². The van der Waals surface area contributed by atoms with Gasteiger partial charge in [-0.05, 0) is 40.5 Å². The number of alkyl carbamates (subject to hydrolysis) is 1. The third-order valence-corrected chi connectivity index (χ3v) is 3.62. The first-order valence-corrected chi connectivity index (χ1v) is 7.96. The first-order chi connectivity index (χ1) is 9.33. The molecule has 0 saturated heterocycles. The Hall–Kier alpha value is -1.31. The van der Waals surface area contributed by atoms with Crippen molar-refractivity contribution in [1.82, 2.24) is 9.62 Å². The molecule has 0 aliphatic carbocycles. The van der Waals surface area contributed by atoms with E-state index < -0.39 is 22.5 Å². The van der Waals surface area contributed by atoms with Crippen molar-refractivity contribution in [3.05, 3.63) is 0 Å². The molecular formula is C12H24N4O3S. The van der Waals surface area contributed by atoms with Crippen LogP contribution >= 0.6 is 0 Å². The van der Waals surface area contributed by atoms with Gasteiger partial charge in [-0.2, -0.15) is 0 Å². The molecule has 0 bridgehead atoms. The zero-order chi connectivity index (χ0) is 15.2. The van der Waals surface area contributed by atoms with Crippen LogP contribution < -0.4 is 5.32 Å². The minimum absolute atomic E-state index is 0.272. The molecule has 0 spiro atoms. The Morgan fingerprint density at radius 1 is 1.45 bits per heavy atom. The monoisotopic (exact) mass is 304 g/mol. The smallest absolute Gasteiger partial charge is 0.414 e. The van der Waals surface area contributed by atoms with Gasteiger partial charge in [0.05, 0.1) is 0 Å². The molecule has 0 aromatic rings. The molecule has 0 fully saturated rings. The fraction of sp³-hybridized carbons (Fsp3) is 0.833. The number of hydrogen-bond donors (Lipinski definition) is 2. The number of rotatable bonds is 1. The van der Waals surface area contributed by atoms with E-state index >= 15 is 0 Å². The van der Waals surface area contributed by atoms with E-state index in [-0.39, 0.29) is 5.96 Å². The molecule has 1 amide bonds. The second-order valence-electron chi connectivity index (χ2n) is 5.37. The molecule has 0 aromatic heterocycles. The number of nitrogens with zero attached hydrogens (tertiary/aromatic N) is 3. The number of carbonyl (C=O) groups excluding carboxylic acids is 1. The summed E-state index contributed by atoms with van der Waals surface area (Å²) >= 11 is 0. The molecule has 1 aliphatic heterocycles. The molecular weight excluding hydrogens is 280 g/mol. The fourth-order valence-corrected chi connectivity index (χ4v) is 2.66. The van der Waals surface area contributed by atoms with Gasteiger partial charge in [0.25, 0.3) is 0 Å². The zero-order valence-corrected chi connectivity index (χ0v) is 13.4. The predicted octanol–water partition coefficient (Wildman–Crippen LogP) is 1.56. The highest BCUT2D eigenvalue weighted by Gasteiger charge is 2.21. The molecule has 8 heteroatoms. The molecule has 0 saturated carbocycles. The molecule has 1 heterocycles. The first kappa shape index (κ1) is 16.7. The Morgan fingerprint density at radius 2 is 2.15 bits per heavy atom. The lowest BCUT2D eigenvalue weighted by atomic mass is 10.2. The molecule has 20 heavy (non-hydrogen) atoms. The Balaban J connectivity index is 2.81. The van der Waals surface area contributed by atoms with E-state index in [9.17, 15) is 9.00 Å². The summed E-state index contributed by atoms with van der Waals surface area (Å²) in [6, 6.07) is 0. The number of thiol groups is 1. The van der Waals surface area contributed by atoms with Crippen LogP contribution in [-0.4, -0.2) is 45.8 Å². The number of ether oxygens (including phenoxy) is 1. The second-order valence-corrected chi connectivity index (χ2v) is 6.64. The van der Waals surface area contributed by atoms with Crippen LogP contribution in [0.2, 0.25) is 0 Å². The zero-order valence-electron chi connectivity index (χ0n) is 12.5. The van der Waals surface area contributed by atoms with Gasteiger partial charge >= 0.3 is 6.09 Å². The summed E-state index contributed by atoms with van der Waals surface area (Å²) in [6.45, 7) is 8.81. The highest BCUT2D eigenvalue weighted by Crippen LogP contribution is 2.08. The van der Waals surface area contributed by atoms with Crippen LogP contribution in [-0.2, 0) is 15.5 Å². The van der Waals surface area contributed by atoms with Crippen molar-refractivity contribution in [2.24, 2.45) is 9.36 Å². The Kier molecular flexibility index (Phi) is 6.25. The third kappa shape index (κ3) is 5.77. The summed E-state index contributed by atoms with van der Waals surface area (Å²) in [5, 5.41) is 2.57. The van der Waals surface area contributed by atoms with E-state index in [0.717, 1.165) is 12.8 Å². The molecule has 116 valence electrons. The van der Waals surface area contributed by atoms with Crippen molar-refractivity contribution in [3.63, 3.8) is 0 Å².